The topological polar surface area (TPSA) is 61.6 Å². The van der Waals surface area contributed by atoms with Crippen molar-refractivity contribution in [3.05, 3.63) is 64.2 Å². The summed E-state index contributed by atoms with van der Waals surface area (Å²) >= 11 is 0. The Labute approximate surface area is 245 Å². The Morgan fingerprint density at radius 1 is 1.07 bits per heavy atom. The van der Waals surface area contributed by atoms with E-state index < -0.39 is 0 Å². The van der Waals surface area contributed by atoms with Crippen LogP contribution in [-0.2, 0) is 11.3 Å². The fourth-order valence-corrected chi connectivity index (χ4v) is 7.54. The summed E-state index contributed by atoms with van der Waals surface area (Å²) in [5.74, 6) is 4.23. The highest BCUT2D eigenvalue weighted by Crippen LogP contribution is 2.39. The molecule has 1 aromatic carbocycles. The number of amides is 1. The van der Waals surface area contributed by atoms with Gasteiger partial charge in [-0.15, -0.1) is 0 Å². The molecule has 0 radical (unpaired) electrons. The number of nitrogens with one attached hydrogen (secondary N) is 1. The van der Waals surface area contributed by atoms with Crippen LogP contribution >= 0.6 is 0 Å². The summed E-state index contributed by atoms with van der Waals surface area (Å²) in [6.07, 6.45) is 13.8. The van der Waals surface area contributed by atoms with Gasteiger partial charge in [-0.3, -0.25) is 9.69 Å². The average Bonchev–Trinajstić information content (AvgIpc) is 3.33. The molecule has 6 heteroatoms. The van der Waals surface area contributed by atoms with Gasteiger partial charge in [0.1, 0.15) is 5.76 Å². The van der Waals surface area contributed by atoms with E-state index in [1.807, 2.05) is 0 Å². The molecule has 2 aromatic rings. The van der Waals surface area contributed by atoms with Crippen molar-refractivity contribution in [1.29, 1.82) is 0 Å². The van der Waals surface area contributed by atoms with Crippen LogP contribution in [-0.4, -0.2) is 60.0 Å². The van der Waals surface area contributed by atoms with E-state index in [9.17, 15) is 4.79 Å². The number of carbonyl (C=O) groups excluding carboxylic acids is 1. The average molecular weight is 557 g/mol. The lowest BCUT2D eigenvalue weighted by Gasteiger charge is -2.32. The molecule has 3 heterocycles. The number of hydrogen-bond acceptors (Lipinski definition) is 5. The highest BCUT2D eigenvalue weighted by molar-refractivity contribution is 5.78. The van der Waals surface area contributed by atoms with Gasteiger partial charge in [-0.1, -0.05) is 56.3 Å². The first-order valence-corrected chi connectivity index (χ1v) is 16.1. The number of carbonyl (C=O) groups is 1. The number of oxazole rings is 1. The van der Waals surface area contributed by atoms with Crippen molar-refractivity contribution in [2.75, 3.05) is 39.3 Å². The molecule has 1 N–H and O–H groups in total. The molecule has 41 heavy (non-hydrogen) atoms. The minimum atomic E-state index is 0.124. The molecule has 6 nitrogen and oxygen atoms in total. The smallest absolute Gasteiger partial charge is 0.223 e. The zero-order valence-corrected chi connectivity index (χ0v) is 25.3. The number of likely N-dealkylation sites (tertiary alicyclic amines) is 2. The van der Waals surface area contributed by atoms with E-state index in [1.54, 1.807) is 0 Å². The molecule has 2 aliphatic carbocycles. The SMILES string of the molecule is Cc1oc(C2=c3ccccc3=CC3C=CC(C)CC23)nc1CN1CCC(C(=O)NCCCN2CCC[C@H](C)C2)CC1. The molecule has 4 atom stereocenters. The van der Waals surface area contributed by atoms with Crippen LogP contribution in [0, 0.1) is 36.5 Å². The third kappa shape index (κ3) is 6.54. The van der Waals surface area contributed by atoms with E-state index in [0.29, 0.717) is 17.8 Å². The molecular weight excluding hydrogens is 508 g/mol. The summed E-state index contributed by atoms with van der Waals surface area (Å²) in [5.41, 5.74) is 2.30. The molecule has 2 saturated heterocycles. The number of aromatic nitrogens is 1. The second-order valence-electron chi connectivity index (χ2n) is 13.2. The Hall–Kier alpha value is -2.70. The molecule has 2 fully saturated rings. The van der Waals surface area contributed by atoms with E-state index in [4.69, 9.17) is 9.40 Å². The van der Waals surface area contributed by atoms with Gasteiger partial charge in [0.2, 0.25) is 11.8 Å². The molecule has 2 aliphatic heterocycles. The summed E-state index contributed by atoms with van der Waals surface area (Å²) in [6.45, 7) is 13.6. The molecule has 6 rings (SSSR count). The Morgan fingerprint density at radius 2 is 1.90 bits per heavy atom. The number of hydrogen-bond donors (Lipinski definition) is 1. The molecular formula is C35H48N4O2. The number of allylic oxidation sites excluding steroid dienone is 2. The Morgan fingerprint density at radius 3 is 2.73 bits per heavy atom. The Balaban J connectivity index is 1.04. The Bertz CT molecular complexity index is 1370. The maximum Gasteiger partial charge on any atom is 0.223 e. The van der Waals surface area contributed by atoms with Crippen LogP contribution in [0.15, 0.2) is 40.8 Å². The van der Waals surface area contributed by atoms with Gasteiger partial charge in [0.15, 0.2) is 0 Å². The minimum absolute atomic E-state index is 0.124. The molecule has 3 unspecified atom stereocenters. The van der Waals surface area contributed by atoms with E-state index in [-0.39, 0.29) is 11.8 Å². The first kappa shape index (κ1) is 28.4. The lowest BCUT2D eigenvalue weighted by molar-refractivity contribution is -0.126. The van der Waals surface area contributed by atoms with Crippen molar-refractivity contribution in [3.8, 4) is 0 Å². The first-order valence-electron chi connectivity index (χ1n) is 16.1. The van der Waals surface area contributed by atoms with Crippen LogP contribution in [0.3, 0.4) is 0 Å². The van der Waals surface area contributed by atoms with Crippen molar-refractivity contribution in [1.82, 2.24) is 20.1 Å². The van der Waals surface area contributed by atoms with Crippen LogP contribution in [0.2, 0.25) is 0 Å². The zero-order chi connectivity index (χ0) is 28.3. The largest absolute Gasteiger partial charge is 0.441 e. The molecule has 0 saturated carbocycles. The molecule has 1 aromatic heterocycles. The third-order valence-electron chi connectivity index (χ3n) is 9.89. The van der Waals surface area contributed by atoms with Gasteiger partial charge in [0, 0.05) is 43.0 Å². The van der Waals surface area contributed by atoms with E-state index in [0.717, 1.165) is 81.7 Å². The normalized spacial score (nSPS) is 27.2. The monoisotopic (exact) mass is 556 g/mol. The first-order chi connectivity index (χ1) is 19.9. The van der Waals surface area contributed by atoms with Gasteiger partial charge in [-0.2, -0.15) is 0 Å². The maximum atomic E-state index is 12.9. The minimum Gasteiger partial charge on any atom is -0.441 e. The van der Waals surface area contributed by atoms with E-state index >= 15 is 0 Å². The van der Waals surface area contributed by atoms with Gasteiger partial charge in [0.05, 0.1) is 5.69 Å². The molecule has 4 aliphatic rings. The predicted octanol–water partition coefficient (Wildman–Crippen LogP) is 4.25. The molecule has 1 amide bonds. The van der Waals surface area contributed by atoms with Gasteiger partial charge < -0.3 is 14.6 Å². The lowest BCUT2D eigenvalue weighted by atomic mass is 9.72. The summed E-state index contributed by atoms with van der Waals surface area (Å²) in [4.78, 5) is 23.0. The number of rotatable bonds is 8. The predicted molar refractivity (Wildman–Crippen MR) is 164 cm³/mol. The van der Waals surface area contributed by atoms with Crippen LogP contribution < -0.4 is 15.8 Å². The van der Waals surface area contributed by atoms with Crippen molar-refractivity contribution in [2.24, 2.45) is 29.6 Å². The van der Waals surface area contributed by atoms with Crippen LogP contribution in [0.5, 0.6) is 0 Å². The standard InChI is InChI=1S/C35H48N4O2/c1-24-11-12-29-21-28-9-4-5-10-30(28)33(31(29)20-24)35-37-32(26(3)41-35)23-39-18-13-27(14-19-39)34(40)36-15-7-17-38-16-6-8-25(2)22-38/h4-5,9-12,21,24-25,27,29,31H,6-8,13-20,22-23H2,1-3H3,(H,36,40)/t24?,25-,29?,31?/m0/s1. The lowest BCUT2D eigenvalue weighted by Crippen LogP contribution is -2.41. The highest BCUT2D eigenvalue weighted by atomic mass is 16.4. The fourth-order valence-electron chi connectivity index (χ4n) is 7.54. The van der Waals surface area contributed by atoms with Crippen LogP contribution in [0.4, 0.5) is 0 Å². The summed E-state index contributed by atoms with van der Waals surface area (Å²) in [7, 11) is 0. The second kappa shape index (κ2) is 12.7. The van der Waals surface area contributed by atoms with Gasteiger partial charge in [-0.25, -0.2) is 4.98 Å². The van der Waals surface area contributed by atoms with E-state index in [2.05, 4.69) is 78.4 Å². The van der Waals surface area contributed by atoms with Crippen molar-refractivity contribution >= 4 is 17.6 Å². The second-order valence-corrected chi connectivity index (χ2v) is 13.2. The van der Waals surface area contributed by atoms with Crippen LogP contribution in [0.25, 0.3) is 11.6 Å². The summed E-state index contributed by atoms with van der Waals surface area (Å²) < 4.78 is 6.42. The summed E-state index contributed by atoms with van der Waals surface area (Å²) in [5, 5.41) is 5.77. The quantitative estimate of drug-likeness (QED) is 0.389. The van der Waals surface area contributed by atoms with E-state index in [1.165, 1.54) is 41.9 Å². The number of nitrogens with zero attached hydrogens (tertiary/aromatic N) is 3. The Kier molecular flexibility index (Phi) is 8.78. The zero-order valence-electron chi connectivity index (χ0n) is 25.3. The van der Waals surface area contributed by atoms with Crippen LogP contribution in [0.1, 0.15) is 69.7 Å². The molecule has 220 valence electrons. The van der Waals surface area contributed by atoms with Crippen molar-refractivity contribution < 1.29 is 9.21 Å². The summed E-state index contributed by atoms with van der Waals surface area (Å²) in [6, 6.07) is 8.68. The van der Waals surface area contributed by atoms with Gasteiger partial charge in [0.25, 0.3) is 0 Å². The number of fused-ring (bicyclic) bond motifs is 2. The fraction of sp³-hybridized carbons (Fsp3) is 0.600. The maximum absolute atomic E-state index is 12.9. The number of aryl methyl sites for hydroxylation is 1. The van der Waals surface area contributed by atoms with Crippen molar-refractivity contribution in [3.63, 3.8) is 0 Å². The van der Waals surface area contributed by atoms with Crippen molar-refractivity contribution in [2.45, 2.75) is 65.8 Å². The third-order valence-corrected chi connectivity index (χ3v) is 9.89. The number of piperidine rings is 2. The highest BCUT2D eigenvalue weighted by Gasteiger charge is 2.33. The molecule has 0 bridgehead atoms. The molecule has 0 spiro atoms. The van der Waals surface area contributed by atoms with Gasteiger partial charge >= 0.3 is 0 Å². The van der Waals surface area contributed by atoms with Gasteiger partial charge in [-0.05, 0) is 93.9 Å². The number of benzene rings is 1.